The average Bonchev–Trinajstić information content (AvgIpc) is 2.77. The zero-order valence-corrected chi connectivity index (χ0v) is 17.8. The van der Waals surface area contributed by atoms with Gasteiger partial charge in [0.25, 0.3) is 5.69 Å². The maximum absolute atomic E-state index is 12.5. The minimum Gasteiger partial charge on any atom is -0.366 e. The smallest absolute Gasteiger partial charge is 0.270 e. The second-order valence-electron chi connectivity index (χ2n) is 7.06. The van der Waals surface area contributed by atoms with Gasteiger partial charge in [0.1, 0.15) is 0 Å². The van der Waals surface area contributed by atoms with Crippen molar-refractivity contribution >= 4 is 46.6 Å². The number of halogens is 1. The van der Waals surface area contributed by atoms with Crippen LogP contribution < -0.4 is 10.2 Å². The van der Waals surface area contributed by atoms with E-state index in [1.807, 2.05) is 17.9 Å². The molecule has 0 atom stereocenters. The van der Waals surface area contributed by atoms with Crippen LogP contribution in [0.5, 0.6) is 0 Å². The number of rotatable bonds is 6. The fourth-order valence-corrected chi connectivity index (χ4v) is 3.56. The van der Waals surface area contributed by atoms with E-state index in [1.165, 1.54) is 24.3 Å². The van der Waals surface area contributed by atoms with Gasteiger partial charge in [0.05, 0.1) is 16.3 Å². The van der Waals surface area contributed by atoms with E-state index in [2.05, 4.69) is 10.2 Å². The summed E-state index contributed by atoms with van der Waals surface area (Å²) in [7, 11) is 0. The van der Waals surface area contributed by atoms with Crippen molar-refractivity contribution in [1.82, 2.24) is 4.90 Å². The molecule has 0 saturated carbocycles. The molecular formula is C22H23ClN4O4. The summed E-state index contributed by atoms with van der Waals surface area (Å²) in [6.07, 6.45) is 3.32. The van der Waals surface area contributed by atoms with E-state index in [0.717, 1.165) is 5.69 Å². The molecule has 0 aliphatic carbocycles. The third-order valence-electron chi connectivity index (χ3n) is 5.00. The second-order valence-corrected chi connectivity index (χ2v) is 7.49. The summed E-state index contributed by atoms with van der Waals surface area (Å²) >= 11 is 6.14. The van der Waals surface area contributed by atoms with Crippen LogP contribution in [0.3, 0.4) is 0 Å². The van der Waals surface area contributed by atoms with Gasteiger partial charge < -0.3 is 15.1 Å². The Bertz CT molecular complexity index is 1020. The Kier molecular flexibility index (Phi) is 7.25. The molecule has 3 rings (SSSR count). The van der Waals surface area contributed by atoms with E-state index in [9.17, 15) is 19.7 Å². The zero-order valence-electron chi connectivity index (χ0n) is 17.1. The number of hydrogen-bond acceptors (Lipinski definition) is 5. The summed E-state index contributed by atoms with van der Waals surface area (Å²) in [5.74, 6) is -0.245. The lowest BCUT2D eigenvalue weighted by atomic mass is 10.2. The molecule has 1 fully saturated rings. The highest BCUT2D eigenvalue weighted by molar-refractivity contribution is 6.31. The third-order valence-corrected chi connectivity index (χ3v) is 5.24. The molecule has 0 radical (unpaired) electrons. The maximum atomic E-state index is 12.5. The molecule has 162 valence electrons. The van der Waals surface area contributed by atoms with Crippen molar-refractivity contribution in [1.29, 1.82) is 0 Å². The van der Waals surface area contributed by atoms with Crippen molar-refractivity contribution in [2.45, 2.75) is 13.3 Å². The molecule has 2 aromatic carbocycles. The van der Waals surface area contributed by atoms with Crippen LogP contribution in [0.4, 0.5) is 17.1 Å². The summed E-state index contributed by atoms with van der Waals surface area (Å²) < 4.78 is 0. The number of anilines is 2. The molecule has 0 unspecified atom stereocenters. The normalized spacial score (nSPS) is 14.0. The van der Waals surface area contributed by atoms with Crippen LogP contribution in [-0.4, -0.2) is 47.8 Å². The van der Waals surface area contributed by atoms with Gasteiger partial charge in [-0.05, 0) is 29.8 Å². The summed E-state index contributed by atoms with van der Waals surface area (Å²) in [4.78, 5) is 38.7. The number of carbonyl (C=O) groups is 2. The Labute approximate surface area is 185 Å². The average molecular weight is 443 g/mol. The van der Waals surface area contributed by atoms with E-state index in [0.29, 0.717) is 48.9 Å². The Balaban J connectivity index is 1.71. The van der Waals surface area contributed by atoms with E-state index in [4.69, 9.17) is 11.6 Å². The number of nitro benzene ring substituents is 1. The van der Waals surface area contributed by atoms with Crippen LogP contribution in [0.1, 0.15) is 18.9 Å². The number of nitrogens with zero attached hydrogens (tertiary/aromatic N) is 3. The lowest BCUT2D eigenvalue weighted by Gasteiger charge is -2.37. The summed E-state index contributed by atoms with van der Waals surface area (Å²) in [5.41, 5.74) is 1.90. The number of amides is 2. The van der Waals surface area contributed by atoms with Crippen molar-refractivity contribution in [3.8, 4) is 0 Å². The van der Waals surface area contributed by atoms with Gasteiger partial charge in [-0.15, -0.1) is 0 Å². The molecular weight excluding hydrogens is 420 g/mol. The number of piperazine rings is 1. The van der Waals surface area contributed by atoms with Gasteiger partial charge in [0.15, 0.2) is 0 Å². The predicted octanol–water partition coefficient (Wildman–Crippen LogP) is 3.96. The highest BCUT2D eigenvalue weighted by Gasteiger charge is 2.22. The van der Waals surface area contributed by atoms with Gasteiger partial charge in [-0.1, -0.05) is 30.7 Å². The van der Waals surface area contributed by atoms with E-state index in [-0.39, 0.29) is 17.5 Å². The topological polar surface area (TPSA) is 95.8 Å². The van der Waals surface area contributed by atoms with Crippen LogP contribution in [0, 0.1) is 10.1 Å². The molecule has 2 amide bonds. The fraction of sp³-hybridized carbons (Fsp3) is 0.273. The number of nitrogens with one attached hydrogen (secondary N) is 1. The lowest BCUT2D eigenvalue weighted by Crippen LogP contribution is -2.48. The molecule has 2 aromatic rings. The molecule has 1 saturated heterocycles. The van der Waals surface area contributed by atoms with Crippen LogP contribution in [-0.2, 0) is 9.59 Å². The molecule has 0 bridgehead atoms. The number of carbonyl (C=O) groups excluding carboxylic acids is 2. The van der Waals surface area contributed by atoms with Crippen LogP contribution in [0.15, 0.2) is 48.5 Å². The van der Waals surface area contributed by atoms with Gasteiger partial charge in [-0.2, -0.15) is 0 Å². The van der Waals surface area contributed by atoms with E-state index >= 15 is 0 Å². The van der Waals surface area contributed by atoms with Crippen molar-refractivity contribution in [2.24, 2.45) is 0 Å². The standard InChI is InChI=1S/C22H23ClN4O4/c1-2-22(29)26-12-10-25(11-13-26)20-8-7-17(23)15-19(20)24-21(28)9-6-16-4-3-5-18(14-16)27(30)31/h3-9,14-15H,2,10-13H2,1H3,(H,24,28). The first kappa shape index (κ1) is 22.3. The number of nitro groups is 1. The monoisotopic (exact) mass is 442 g/mol. The molecule has 8 nitrogen and oxygen atoms in total. The van der Waals surface area contributed by atoms with Crippen LogP contribution in [0.2, 0.25) is 5.02 Å². The Morgan fingerprint density at radius 3 is 2.58 bits per heavy atom. The summed E-state index contributed by atoms with van der Waals surface area (Å²) in [5, 5.41) is 14.2. The van der Waals surface area contributed by atoms with Gasteiger partial charge >= 0.3 is 0 Å². The van der Waals surface area contributed by atoms with Crippen molar-refractivity contribution < 1.29 is 14.5 Å². The Morgan fingerprint density at radius 1 is 1.16 bits per heavy atom. The SMILES string of the molecule is CCC(=O)N1CCN(c2ccc(Cl)cc2NC(=O)C=Cc2cccc([N+](=O)[O-])c2)CC1. The highest BCUT2D eigenvalue weighted by atomic mass is 35.5. The number of non-ortho nitro benzene ring substituents is 1. The van der Waals surface area contributed by atoms with Crippen molar-refractivity contribution in [3.63, 3.8) is 0 Å². The Hall–Kier alpha value is -3.39. The van der Waals surface area contributed by atoms with Gasteiger partial charge in [-0.25, -0.2) is 0 Å². The first-order valence-electron chi connectivity index (χ1n) is 9.93. The first-order valence-corrected chi connectivity index (χ1v) is 10.3. The largest absolute Gasteiger partial charge is 0.366 e. The van der Waals surface area contributed by atoms with Gasteiger partial charge in [0.2, 0.25) is 11.8 Å². The lowest BCUT2D eigenvalue weighted by molar-refractivity contribution is -0.384. The van der Waals surface area contributed by atoms with Gasteiger partial charge in [0, 0.05) is 55.8 Å². The third kappa shape index (κ3) is 5.82. The molecule has 9 heteroatoms. The minimum atomic E-state index is -0.483. The summed E-state index contributed by atoms with van der Waals surface area (Å²) in [6.45, 7) is 4.40. The molecule has 1 aliphatic rings. The second kappa shape index (κ2) is 10.1. The molecule has 0 spiro atoms. The van der Waals surface area contributed by atoms with Crippen LogP contribution in [0.25, 0.3) is 6.08 Å². The highest BCUT2D eigenvalue weighted by Crippen LogP contribution is 2.30. The van der Waals surface area contributed by atoms with E-state index < -0.39 is 4.92 Å². The zero-order chi connectivity index (χ0) is 22.4. The van der Waals surface area contributed by atoms with Gasteiger partial charge in [-0.3, -0.25) is 19.7 Å². The quantitative estimate of drug-likeness (QED) is 0.415. The molecule has 1 aliphatic heterocycles. The Morgan fingerprint density at radius 2 is 1.90 bits per heavy atom. The molecule has 1 heterocycles. The minimum absolute atomic E-state index is 0.0413. The molecule has 31 heavy (non-hydrogen) atoms. The first-order chi connectivity index (χ1) is 14.9. The molecule has 1 N–H and O–H groups in total. The van der Waals surface area contributed by atoms with Crippen LogP contribution >= 0.6 is 11.6 Å². The van der Waals surface area contributed by atoms with E-state index in [1.54, 1.807) is 24.3 Å². The maximum Gasteiger partial charge on any atom is 0.270 e. The fourth-order valence-electron chi connectivity index (χ4n) is 3.39. The summed E-state index contributed by atoms with van der Waals surface area (Å²) in [6, 6.07) is 11.3. The van der Waals surface area contributed by atoms with Crippen molar-refractivity contribution in [2.75, 3.05) is 36.4 Å². The predicted molar refractivity (Wildman–Crippen MR) is 121 cm³/mol. The van der Waals surface area contributed by atoms with Crippen molar-refractivity contribution in [3.05, 3.63) is 69.2 Å². The number of hydrogen-bond donors (Lipinski definition) is 1. The molecule has 0 aromatic heterocycles. The number of benzene rings is 2.